The molecule has 2 rings (SSSR count). The van der Waals surface area contributed by atoms with Crippen LogP contribution in [-0.2, 0) is 11.3 Å². The lowest BCUT2D eigenvalue weighted by atomic mass is 10.0. The molecular formula is C16H23N3OS. The summed E-state index contributed by atoms with van der Waals surface area (Å²) in [5.74, 6) is -0.460. The Hall–Kier alpha value is -1.46. The zero-order chi connectivity index (χ0) is 15.2. The fourth-order valence-corrected chi connectivity index (χ4v) is 2.72. The number of hydrogen-bond acceptors (Lipinski definition) is 3. The van der Waals surface area contributed by atoms with E-state index in [1.807, 2.05) is 6.07 Å². The van der Waals surface area contributed by atoms with E-state index in [1.54, 1.807) is 6.92 Å². The minimum absolute atomic E-state index is 0.0611. The predicted molar refractivity (Wildman–Crippen MR) is 88.8 cm³/mol. The number of benzene rings is 1. The van der Waals surface area contributed by atoms with Crippen LogP contribution in [0.1, 0.15) is 25.3 Å². The van der Waals surface area contributed by atoms with Gasteiger partial charge in [-0.1, -0.05) is 42.5 Å². The lowest BCUT2D eigenvalue weighted by Crippen LogP contribution is -2.49. The van der Waals surface area contributed by atoms with E-state index in [4.69, 9.17) is 18.0 Å². The third kappa shape index (κ3) is 4.79. The molecule has 1 heterocycles. The maximum Gasteiger partial charge on any atom is 0.229 e. The van der Waals surface area contributed by atoms with Crippen molar-refractivity contribution in [3.63, 3.8) is 0 Å². The summed E-state index contributed by atoms with van der Waals surface area (Å²) in [6, 6.07) is 10.6. The minimum atomic E-state index is -0.399. The van der Waals surface area contributed by atoms with Crippen molar-refractivity contribution in [3.8, 4) is 0 Å². The average molecular weight is 305 g/mol. The Kier molecular flexibility index (Phi) is 5.70. The van der Waals surface area contributed by atoms with E-state index in [-0.39, 0.29) is 16.9 Å². The first-order chi connectivity index (χ1) is 10.1. The zero-order valence-electron chi connectivity index (χ0n) is 12.4. The Balaban J connectivity index is 1.86. The summed E-state index contributed by atoms with van der Waals surface area (Å²) >= 11 is 4.88. The topological polar surface area (TPSA) is 58.4 Å². The quantitative estimate of drug-likeness (QED) is 0.813. The lowest BCUT2D eigenvalue weighted by molar-refractivity contribution is -0.123. The Labute approximate surface area is 131 Å². The highest BCUT2D eigenvalue weighted by Gasteiger charge is 2.24. The molecule has 0 bridgehead atoms. The van der Waals surface area contributed by atoms with Gasteiger partial charge in [-0.25, -0.2) is 0 Å². The lowest BCUT2D eigenvalue weighted by Gasteiger charge is -2.33. The van der Waals surface area contributed by atoms with Gasteiger partial charge in [0.25, 0.3) is 0 Å². The molecular weight excluding hydrogens is 282 g/mol. The molecule has 1 saturated heterocycles. The number of nitrogens with two attached hydrogens (primary N) is 1. The van der Waals surface area contributed by atoms with Gasteiger partial charge in [-0.05, 0) is 31.9 Å². The van der Waals surface area contributed by atoms with E-state index in [0.717, 1.165) is 32.5 Å². The van der Waals surface area contributed by atoms with Crippen molar-refractivity contribution >= 4 is 23.1 Å². The van der Waals surface area contributed by atoms with Crippen LogP contribution in [0.15, 0.2) is 30.3 Å². The number of nitrogens with one attached hydrogen (secondary N) is 1. The molecule has 4 nitrogen and oxygen atoms in total. The van der Waals surface area contributed by atoms with Crippen LogP contribution < -0.4 is 11.1 Å². The zero-order valence-corrected chi connectivity index (χ0v) is 13.2. The number of amides is 1. The van der Waals surface area contributed by atoms with Gasteiger partial charge in [0.05, 0.1) is 10.9 Å². The van der Waals surface area contributed by atoms with Crippen LogP contribution in [-0.4, -0.2) is 34.9 Å². The van der Waals surface area contributed by atoms with E-state index < -0.39 is 5.92 Å². The molecule has 21 heavy (non-hydrogen) atoms. The number of carbonyl (C=O) groups is 1. The van der Waals surface area contributed by atoms with Crippen molar-refractivity contribution in [2.75, 3.05) is 13.1 Å². The summed E-state index contributed by atoms with van der Waals surface area (Å²) in [6.07, 6.45) is 2.11. The second-order valence-electron chi connectivity index (χ2n) is 5.69. The predicted octanol–water partition coefficient (Wildman–Crippen LogP) is 1.69. The largest absolute Gasteiger partial charge is 0.393 e. The summed E-state index contributed by atoms with van der Waals surface area (Å²) in [6.45, 7) is 4.64. The molecule has 1 aromatic carbocycles. The van der Waals surface area contributed by atoms with E-state index >= 15 is 0 Å². The first-order valence-corrected chi connectivity index (χ1v) is 7.83. The molecule has 5 heteroatoms. The molecule has 0 saturated carbocycles. The van der Waals surface area contributed by atoms with Gasteiger partial charge in [-0.3, -0.25) is 9.69 Å². The van der Waals surface area contributed by atoms with Crippen LogP contribution in [0.5, 0.6) is 0 Å². The average Bonchev–Trinajstić information content (AvgIpc) is 2.47. The van der Waals surface area contributed by atoms with E-state index in [0.29, 0.717) is 0 Å². The van der Waals surface area contributed by atoms with Gasteiger partial charge in [0.1, 0.15) is 0 Å². The first kappa shape index (κ1) is 15.9. The normalized spacial score (nSPS) is 20.7. The van der Waals surface area contributed by atoms with Crippen LogP contribution in [0.25, 0.3) is 0 Å². The van der Waals surface area contributed by atoms with Crippen LogP contribution in [0, 0.1) is 5.92 Å². The number of hydrogen-bond donors (Lipinski definition) is 2. The number of thiocarbonyl (C=S) groups is 1. The maximum absolute atomic E-state index is 12.0. The second-order valence-corrected chi connectivity index (χ2v) is 6.16. The van der Waals surface area contributed by atoms with Gasteiger partial charge < -0.3 is 11.1 Å². The Morgan fingerprint density at radius 1 is 1.48 bits per heavy atom. The molecule has 1 aliphatic heterocycles. The third-order valence-electron chi connectivity index (χ3n) is 3.92. The highest BCUT2D eigenvalue weighted by molar-refractivity contribution is 7.80. The molecule has 1 fully saturated rings. The summed E-state index contributed by atoms with van der Waals surface area (Å²) in [4.78, 5) is 14.7. The Morgan fingerprint density at radius 3 is 2.86 bits per heavy atom. The number of rotatable bonds is 5. The maximum atomic E-state index is 12.0. The molecule has 1 aliphatic rings. The van der Waals surface area contributed by atoms with Crippen molar-refractivity contribution in [2.24, 2.45) is 11.7 Å². The Morgan fingerprint density at radius 2 is 2.19 bits per heavy atom. The van der Waals surface area contributed by atoms with Crippen LogP contribution in [0.4, 0.5) is 0 Å². The third-order valence-corrected chi connectivity index (χ3v) is 4.27. The van der Waals surface area contributed by atoms with E-state index in [1.165, 1.54) is 5.56 Å². The standard InChI is InChI=1S/C16H23N3OS/c1-12(15(17)21)16(20)18-14-8-5-9-19(11-14)10-13-6-3-2-4-7-13/h2-4,6-7,12,14H,5,8-11H2,1H3,(H2,17,21)(H,18,20). The van der Waals surface area contributed by atoms with Gasteiger partial charge in [0.2, 0.25) is 5.91 Å². The van der Waals surface area contributed by atoms with Gasteiger partial charge in [0, 0.05) is 19.1 Å². The first-order valence-electron chi connectivity index (χ1n) is 7.42. The van der Waals surface area contributed by atoms with Crippen molar-refractivity contribution in [2.45, 2.75) is 32.4 Å². The molecule has 114 valence electrons. The van der Waals surface area contributed by atoms with Gasteiger partial charge >= 0.3 is 0 Å². The highest BCUT2D eigenvalue weighted by atomic mass is 32.1. The molecule has 3 N–H and O–H groups in total. The summed E-state index contributed by atoms with van der Waals surface area (Å²) in [5, 5.41) is 3.07. The van der Waals surface area contributed by atoms with Crippen LogP contribution >= 0.6 is 12.2 Å². The summed E-state index contributed by atoms with van der Waals surface area (Å²) in [7, 11) is 0. The van der Waals surface area contributed by atoms with Crippen molar-refractivity contribution in [1.29, 1.82) is 0 Å². The molecule has 0 radical (unpaired) electrons. The highest BCUT2D eigenvalue weighted by Crippen LogP contribution is 2.14. The van der Waals surface area contributed by atoms with Crippen LogP contribution in [0.2, 0.25) is 0 Å². The number of piperidine rings is 1. The summed E-state index contributed by atoms with van der Waals surface area (Å²) < 4.78 is 0. The molecule has 0 aromatic heterocycles. The minimum Gasteiger partial charge on any atom is -0.393 e. The Bertz CT molecular complexity index is 492. The monoisotopic (exact) mass is 305 g/mol. The molecule has 1 amide bonds. The summed E-state index contributed by atoms with van der Waals surface area (Å²) in [5.41, 5.74) is 6.84. The molecule has 2 unspecified atom stereocenters. The smallest absolute Gasteiger partial charge is 0.229 e. The number of likely N-dealkylation sites (tertiary alicyclic amines) is 1. The van der Waals surface area contributed by atoms with Crippen LogP contribution in [0.3, 0.4) is 0 Å². The second kappa shape index (κ2) is 7.52. The molecule has 2 atom stereocenters. The fourth-order valence-electron chi connectivity index (χ4n) is 2.61. The van der Waals surface area contributed by atoms with Crippen molar-refractivity contribution in [3.05, 3.63) is 35.9 Å². The fraction of sp³-hybridized carbons (Fsp3) is 0.500. The van der Waals surface area contributed by atoms with Gasteiger partial charge in [-0.15, -0.1) is 0 Å². The molecule has 0 spiro atoms. The van der Waals surface area contributed by atoms with E-state index in [9.17, 15) is 4.79 Å². The van der Waals surface area contributed by atoms with Gasteiger partial charge in [0.15, 0.2) is 0 Å². The molecule has 1 aromatic rings. The van der Waals surface area contributed by atoms with Gasteiger partial charge in [-0.2, -0.15) is 0 Å². The van der Waals surface area contributed by atoms with Crippen molar-refractivity contribution < 1.29 is 4.79 Å². The number of nitrogens with zero attached hydrogens (tertiary/aromatic N) is 1. The van der Waals surface area contributed by atoms with E-state index in [2.05, 4.69) is 34.5 Å². The number of carbonyl (C=O) groups excluding carboxylic acids is 1. The molecule has 0 aliphatic carbocycles. The van der Waals surface area contributed by atoms with Crippen molar-refractivity contribution in [1.82, 2.24) is 10.2 Å². The SMILES string of the molecule is CC(C(=O)NC1CCCN(Cc2ccccc2)C1)C(N)=S.